The number of rotatable bonds is 12. The van der Waals surface area contributed by atoms with E-state index in [0.717, 1.165) is 25.1 Å². The maximum Gasteiger partial charge on any atom is 0.273 e. The van der Waals surface area contributed by atoms with Gasteiger partial charge in [0.15, 0.2) is 0 Å². The Morgan fingerprint density at radius 1 is 1.05 bits per heavy atom. The number of hydrogen-bond donors (Lipinski definition) is 0. The minimum Gasteiger partial charge on any atom is -0.493 e. The van der Waals surface area contributed by atoms with Gasteiger partial charge in [0.25, 0.3) is 5.91 Å². The molecule has 4 rings (SSSR count). The van der Waals surface area contributed by atoms with Crippen LogP contribution in [0.1, 0.15) is 43.2 Å². The lowest BCUT2D eigenvalue weighted by molar-refractivity contribution is -0.137. The van der Waals surface area contributed by atoms with Crippen LogP contribution in [-0.2, 0) is 16.1 Å². The van der Waals surface area contributed by atoms with Crippen molar-refractivity contribution in [3.05, 3.63) is 64.9 Å². The van der Waals surface area contributed by atoms with E-state index in [4.69, 9.17) is 4.74 Å². The number of fused-ring (bicyclic) bond motifs is 1. The molecule has 0 saturated carbocycles. The molecule has 2 aromatic heterocycles. The van der Waals surface area contributed by atoms with Gasteiger partial charge in [-0.1, -0.05) is 0 Å². The Hall–Kier alpha value is -3.83. The molecule has 0 saturated heterocycles. The van der Waals surface area contributed by atoms with Gasteiger partial charge in [-0.3, -0.25) is 24.3 Å². The van der Waals surface area contributed by atoms with E-state index in [2.05, 4.69) is 14.9 Å². The third-order valence-electron chi connectivity index (χ3n) is 7.33. The van der Waals surface area contributed by atoms with E-state index in [-0.39, 0.29) is 17.7 Å². The van der Waals surface area contributed by atoms with Gasteiger partial charge < -0.3 is 19.4 Å². The van der Waals surface area contributed by atoms with Gasteiger partial charge in [-0.05, 0) is 57.0 Å². The standard InChI is InChI=1S/C30H38N6O4S/c1-6-36-25-9-8-23(18-26(25)34(5)28(38)30(2,3)29(36)39)40-17-7-14-35(19-22-10-12-31-13-11-22)16-15-33(4)27(37)24-20-41-21-32-24/h8-13,18,20-21H,6-7,14-17,19H2,1-5H3. The number of ether oxygens (including phenoxy) is 1. The summed E-state index contributed by atoms with van der Waals surface area (Å²) in [5.41, 5.74) is 3.48. The molecule has 0 spiro atoms. The third-order valence-corrected chi connectivity index (χ3v) is 7.91. The van der Waals surface area contributed by atoms with Crippen LogP contribution < -0.4 is 14.5 Å². The maximum atomic E-state index is 13.1. The van der Waals surface area contributed by atoms with E-state index in [9.17, 15) is 14.4 Å². The van der Waals surface area contributed by atoms with Crippen molar-refractivity contribution in [3.63, 3.8) is 0 Å². The Labute approximate surface area is 245 Å². The zero-order chi connectivity index (χ0) is 29.6. The van der Waals surface area contributed by atoms with Crippen LogP contribution in [-0.4, -0.2) is 84.4 Å². The lowest BCUT2D eigenvalue weighted by Crippen LogP contribution is -2.47. The van der Waals surface area contributed by atoms with Crippen molar-refractivity contribution in [1.82, 2.24) is 19.8 Å². The van der Waals surface area contributed by atoms with E-state index >= 15 is 0 Å². The minimum atomic E-state index is -1.15. The summed E-state index contributed by atoms with van der Waals surface area (Å²) in [5, 5.41) is 1.76. The van der Waals surface area contributed by atoms with Crippen molar-refractivity contribution >= 4 is 40.4 Å². The Morgan fingerprint density at radius 3 is 2.49 bits per heavy atom. The van der Waals surface area contributed by atoms with Crippen LogP contribution in [0.5, 0.6) is 5.75 Å². The van der Waals surface area contributed by atoms with Gasteiger partial charge in [-0.25, -0.2) is 4.98 Å². The van der Waals surface area contributed by atoms with E-state index < -0.39 is 5.41 Å². The number of nitrogens with zero attached hydrogens (tertiary/aromatic N) is 6. The topological polar surface area (TPSA) is 99.2 Å². The molecule has 0 aliphatic carbocycles. The molecule has 41 heavy (non-hydrogen) atoms. The van der Waals surface area contributed by atoms with Crippen LogP contribution in [0.15, 0.2) is 53.6 Å². The van der Waals surface area contributed by atoms with Gasteiger partial charge in [-0.2, -0.15) is 0 Å². The molecule has 0 N–H and O–H groups in total. The fraction of sp³-hybridized carbons (Fsp3) is 0.433. The monoisotopic (exact) mass is 578 g/mol. The zero-order valence-corrected chi connectivity index (χ0v) is 25.2. The average Bonchev–Trinajstić information content (AvgIpc) is 3.51. The molecule has 218 valence electrons. The molecular weight excluding hydrogens is 540 g/mol. The molecule has 0 bridgehead atoms. The largest absolute Gasteiger partial charge is 0.493 e. The first kappa shape index (κ1) is 30.1. The maximum absolute atomic E-state index is 13.1. The van der Waals surface area contributed by atoms with E-state index in [1.54, 1.807) is 65.9 Å². The summed E-state index contributed by atoms with van der Waals surface area (Å²) >= 11 is 1.41. The van der Waals surface area contributed by atoms with Crippen molar-refractivity contribution in [2.75, 3.05) is 56.7 Å². The molecule has 0 unspecified atom stereocenters. The van der Waals surface area contributed by atoms with Crippen molar-refractivity contribution in [2.24, 2.45) is 5.41 Å². The lowest BCUT2D eigenvalue weighted by Gasteiger charge is -2.27. The smallest absolute Gasteiger partial charge is 0.273 e. The van der Waals surface area contributed by atoms with Gasteiger partial charge in [0.05, 0.1) is 23.5 Å². The number of carbonyl (C=O) groups is 3. The minimum absolute atomic E-state index is 0.0863. The van der Waals surface area contributed by atoms with E-state index in [1.807, 2.05) is 37.3 Å². The van der Waals surface area contributed by atoms with E-state index in [1.165, 1.54) is 11.3 Å². The lowest BCUT2D eigenvalue weighted by atomic mass is 9.90. The van der Waals surface area contributed by atoms with Crippen molar-refractivity contribution < 1.29 is 19.1 Å². The average molecular weight is 579 g/mol. The molecule has 3 heterocycles. The number of aromatic nitrogens is 2. The molecule has 3 aromatic rings. The summed E-state index contributed by atoms with van der Waals surface area (Å²) in [7, 11) is 3.50. The SMILES string of the molecule is CCN1C(=O)C(C)(C)C(=O)N(C)c2cc(OCCCN(CCN(C)C(=O)c3cscn3)Cc3ccncc3)ccc21. The summed E-state index contributed by atoms with van der Waals surface area (Å²) in [6, 6.07) is 9.51. The molecule has 0 radical (unpaired) electrons. The fourth-order valence-electron chi connectivity index (χ4n) is 4.87. The second-order valence-electron chi connectivity index (χ2n) is 10.6. The van der Waals surface area contributed by atoms with Crippen molar-refractivity contribution in [1.29, 1.82) is 0 Å². The van der Waals surface area contributed by atoms with Gasteiger partial charge in [0.1, 0.15) is 16.9 Å². The second kappa shape index (κ2) is 13.2. The van der Waals surface area contributed by atoms with Crippen LogP contribution in [0.4, 0.5) is 11.4 Å². The van der Waals surface area contributed by atoms with Crippen LogP contribution in [0.2, 0.25) is 0 Å². The Balaban J connectivity index is 1.38. The summed E-state index contributed by atoms with van der Waals surface area (Å²) < 4.78 is 6.11. The first-order valence-electron chi connectivity index (χ1n) is 13.7. The molecule has 10 nitrogen and oxygen atoms in total. The summed E-state index contributed by atoms with van der Waals surface area (Å²) in [4.78, 5) is 54.3. The Morgan fingerprint density at radius 2 is 1.80 bits per heavy atom. The van der Waals surface area contributed by atoms with Crippen molar-refractivity contribution in [3.8, 4) is 5.75 Å². The third kappa shape index (κ3) is 6.91. The summed E-state index contributed by atoms with van der Waals surface area (Å²) in [6.07, 6.45) is 4.32. The van der Waals surface area contributed by atoms with E-state index in [0.29, 0.717) is 49.1 Å². The Kier molecular flexibility index (Phi) is 9.72. The number of likely N-dealkylation sites (N-methyl/N-ethyl adjacent to an activating group) is 1. The normalized spacial score (nSPS) is 14.7. The first-order chi connectivity index (χ1) is 19.6. The predicted octanol–water partition coefficient (Wildman–Crippen LogP) is 3.94. The number of pyridine rings is 1. The highest BCUT2D eigenvalue weighted by Crippen LogP contribution is 2.40. The fourth-order valence-corrected chi connectivity index (χ4v) is 5.40. The van der Waals surface area contributed by atoms with Gasteiger partial charge in [0.2, 0.25) is 11.8 Å². The van der Waals surface area contributed by atoms with Gasteiger partial charge >= 0.3 is 0 Å². The van der Waals surface area contributed by atoms with Crippen molar-refractivity contribution in [2.45, 2.75) is 33.7 Å². The quantitative estimate of drug-likeness (QED) is 0.237. The highest BCUT2D eigenvalue weighted by Gasteiger charge is 2.45. The molecular formula is C30H38N6O4S. The summed E-state index contributed by atoms with van der Waals surface area (Å²) in [6.45, 7) is 8.93. The van der Waals surface area contributed by atoms with Crippen LogP contribution >= 0.6 is 11.3 Å². The number of hydrogen-bond acceptors (Lipinski definition) is 8. The van der Waals surface area contributed by atoms with Gasteiger partial charge in [-0.15, -0.1) is 11.3 Å². The van der Waals surface area contributed by atoms with Crippen LogP contribution in [0, 0.1) is 5.41 Å². The molecule has 0 fully saturated rings. The first-order valence-corrected chi connectivity index (χ1v) is 14.7. The predicted molar refractivity (Wildman–Crippen MR) is 160 cm³/mol. The number of benzene rings is 1. The second-order valence-corrected chi connectivity index (χ2v) is 11.3. The molecule has 0 atom stereocenters. The molecule has 1 aliphatic rings. The van der Waals surface area contributed by atoms with Crippen LogP contribution in [0.25, 0.3) is 0 Å². The number of anilines is 2. The van der Waals surface area contributed by atoms with Gasteiger partial charge in [0, 0.05) is 70.7 Å². The molecule has 3 amide bonds. The zero-order valence-electron chi connectivity index (χ0n) is 24.4. The number of amides is 3. The number of carbonyl (C=O) groups excluding carboxylic acids is 3. The summed E-state index contributed by atoms with van der Waals surface area (Å²) in [5.74, 6) is 0.0945. The number of thiazole rings is 1. The Bertz CT molecular complexity index is 1350. The highest BCUT2D eigenvalue weighted by atomic mass is 32.1. The highest BCUT2D eigenvalue weighted by molar-refractivity contribution is 7.07. The molecule has 1 aliphatic heterocycles. The molecule has 11 heteroatoms. The molecule has 1 aromatic carbocycles. The van der Waals surface area contributed by atoms with Crippen LogP contribution in [0.3, 0.4) is 0 Å².